The molecule has 0 spiro atoms. The number of piperidine rings is 1. The van der Waals surface area contributed by atoms with Gasteiger partial charge in [0.05, 0.1) is 11.2 Å². The molecule has 1 aliphatic heterocycles. The van der Waals surface area contributed by atoms with E-state index in [1.54, 1.807) is 12.4 Å². The third-order valence-corrected chi connectivity index (χ3v) is 5.11. The molecule has 0 aliphatic carbocycles. The second kappa shape index (κ2) is 6.92. The van der Waals surface area contributed by atoms with Crippen LogP contribution in [0.1, 0.15) is 12.8 Å². The number of aromatic nitrogens is 5. The fourth-order valence-corrected chi connectivity index (χ4v) is 3.66. The topological polar surface area (TPSA) is 91.4 Å². The van der Waals surface area contributed by atoms with Gasteiger partial charge in [-0.2, -0.15) is 0 Å². The number of nitrogens with one attached hydrogen (secondary N) is 3. The van der Waals surface area contributed by atoms with Crippen LogP contribution in [-0.2, 0) is 0 Å². The molecule has 1 aliphatic rings. The maximum absolute atomic E-state index is 4.86. The normalized spacial score (nSPS) is 17.4. The summed E-state index contributed by atoms with van der Waals surface area (Å²) in [4.78, 5) is 21.5. The highest BCUT2D eigenvalue weighted by molar-refractivity contribution is 5.89. The van der Waals surface area contributed by atoms with Gasteiger partial charge in [0.25, 0.3) is 0 Å². The van der Waals surface area contributed by atoms with Crippen molar-refractivity contribution in [2.75, 3.05) is 25.0 Å². The summed E-state index contributed by atoms with van der Waals surface area (Å²) in [5, 5.41) is 8.05. The zero-order valence-electron chi connectivity index (χ0n) is 14.9. The predicted molar refractivity (Wildman–Crippen MR) is 107 cm³/mol. The molecule has 4 aromatic rings. The van der Waals surface area contributed by atoms with E-state index in [0.29, 0.717) is 5.92 Å². The standard InChI is InChI=1S/C20H21N7/c1-2-13(10-21-4-1)11-25-20-18-17(22-6-7-23-18)9-16(27-20)15-8-14-3-5-24-19(14)26-12-15/h3,5-9,12-13,21H,1-2,4,10-11H2,(H,24,26)(H,25,27)/t13-/m0/s1. The van der Waals surface area contributed by atoms with Crippen LogP contribution in [0.15, 0.2) is 43.0 Å². The van der Waals surface area contributed by atoms with Crippen molar-refractivity contribution in [3.8, 4) is 11.3 Å². The maximum atomic E-state index is 4.86. The second-order valence-corrected chi connectivity index (χ2v) is 7.01. The molecule has 5 rings (SSSR count). The first kappa shape index (κ1) is 16.1. The molecule has 1 saturated heterocycles. The number of nitrogens with zero attached hydrogens (tertiary/aromatic N) is 4. The van der Waals surface area contributed by atoms with E-state index < -0.39 is 0 Å². The fourth-order valence-electron chi connectivity index (χ4n) is 3.66. The third kappa shape index (κ3) is 3.21. The van der Waals surface area contributed by atoms with Crippen LogP contribution < -0.4 is 10.6 Å². The minimum Gasteiger partial charge on any atom is -0.368 e. The molecule has 0 unspecified atom stereocenters. The Hall–Kier alpha value is -3.06. The van der Waals surface area contributed by atoms with Crippen LogP contribution in [0.5, 0.6) is 0 Å². The van der Waals surface area contributed by atoms with Gasteiger partial charge in [-0.3, -0.25) is 4.98 Å². The van der Waals surface area contributed by atoms with Gasteiger partial charge in [-0.15, -0.1) is 0 Å². The van der Waals surface area contributed by atoms with Crippen LogP contribution in [-0.4, -0.2) is 44.6 Å². The van der Waals surface area contributed by atoms with E-state index in [1.165, 1.54) is 12.8 Å². The Balaban J connectivity index is 1.52. The molecule has 0 bridgehead atoms. The largest absolute Gasteiger partial charge is 0.368 e. The van der Waals surface area contributed by atoms with E-state index >= 15 is 0 Å². The van der Waals surface area contributed by atoms with E-state index in [1.807, 2.05) is 24.5 Å². The highest BCUT2D eigenvalue weighted by atomic mass is 15.0. The van der Waals surface area contributed by atoms with Gasteiger partial charge in [0, 0.05) is 42.3 Å². The fraction of sp³-hybridized carbons (Fsp3) is 0.300. The maximum Gasteiger partial charge on any atom is 0.154 e. The first-order valence-electron chi connectivity index (χ1n) is 9.37. The van der Waals surface area contributed by atoms with Crippen LogP contribution in [0.2, 0.25) is 0 Å². The van der Waals surface area contributed by atoms with Crippen molar-refractivity contribution in [1.29, 1.82) is 0 Å². The molecule has 7 heteroatoms. The Labute approximate surface area is 156 Å². The monoisotopic (exact) mass is 359 g/mol. The highest BCUT2D eigenvalue weighted by Gasteiger charge is 2.15. The summed E-state index contributed by atoms with van der Waals surface area (Å²) >= 11 is 0. The number of H-pyrrole nitrogens is 1. The second-order valence-electron chi connectivity index (χ2n) is 7.01. The van der Waals surface area contributed by atoms with Crippen LogP contribution >= 0.6 is 0 Å². The van der Waals surface area contributed by atoms with Gasteiger partial charge in [-0.05, 0) is 50.0 Å². The summed E-state index contributed by atoms with van der Waals surface area (Å²) in [6, 6.07) is 6.09. The summed E-state index contributed by atoms with van der Waals surface area (Å²) in [7, 11) is 0. The summed E-state index contributed by atoms with van der Waals surface area (Å²) in [5.41, 5.74) is 4.34. The lowest BCUT2D eigenvalue weighted by Crippen LogP contribution is -2.33. The molecule has 27 heavy (non-hydrogen) atoms. The average Bonchev–Trinajstić information content (AvgIpc) is 3.20. The van der Waals surface area contributed by atoms with Crippen molar-refractivity contribution in [3.63, 3.8) is 0 Å². The molecular weight excluding hydrogens is 338 g/mol. The molecule has 0 aromatic carbocycles. The van der Waals surface area contributed by atoms with Gasteiger partial charge in [-0.1, -0.05) is 0 Å². The first-order valence-corrected chi connectivity index (χ1v) is 9.37. The van der Waals surface area contributed by atoms with Crippen LogP contribution in [0.4, 0.5) is 5.82 Å². The summed E-state index contributed by atoms with van der Waals surface area (Å²) < 4.78 is 0. The smallest absolute Gasteiger partial charge is 0.154 e. The zero-order chi connectivity index (χ0) is 18.1. The highest BCUT2D eigenvalue weighted by Crippen LogP contribution is 2.27. The number of anilines is 1. The first-order chi connectivity index (χ1) is 13.4. The van der Waals surface area contributed by atoms with E-state index in [2.05, 4.69) is 36.6 Å². The Bertz CT molecular complexity index is 1080. The van der Waals surface area contributed by atoms with E-state index in [9.17, 15) is 0 Å². The van der Waals surface area contributed by atoms with Crippen molar-refractivity contribution in [2.45, 2.75) is 12.8 Å². The van der Waals surface area contributed by atoms with Gasteiger partial charge >= 0.3 is 0 Å². The van der Waals surface area contributed by atoms with E-state index in [4.69, 9.17) is 4.98 Å². The van der Waals surface area contributed by atoms with Gasteiger partial charge in [0.15, 0.2) is 5.82 Å². The quantitative estimate of drug-likeness (QED) is 0.519. The van der Waals surface area contributed by atoms with Crippen molar-refractivity contribution in [1.82, 2.24) is 30.2 Å². The predicted octanol–water partition coefficient (Wildman–Crippen LogP) is 2.98. The molecule has 4 aromatic heterocycles. The molecule has 1 atom stereocenters. The van der Waals surface area contributed by atoms with Gasteiger partial charge in [0.1, 0.15) is 11.2 Å². The van der Waals surface area contributed by atoms with Gasteiger partial charge in [0.2, 0.25) is 0 Å². The number of hydrogen-bond acceptors (Lipinski definition) is 6. The molecule has 0 saturated carbocycles. The number of hydrogen-bond donors (Lipinski definition) is 3. The average molecular weight is 359 g/mol. The lowest BCUT2D eigenvalue weighted by atomic mass is 10.00. The van der Waals surface area contributed by atoms with Crippen molar-refractivity contribution in [2.24, 2.45) is 5.92 Å². The van der Waals surface area contributed by atoms with Crippen LogP contribution in [0, 0.1) is 5.92 Å². The van der Waals surface area contributed by atoms with Crippen LogP contribution in [0.3, 0.4) is 0 Å². The van der Waals surface area contributed by atoms with Gasteiger partial charge in [-0.25, -0.2) is 15.0 Å². The van der Waals surface area contributed by atoms with E-state index in [0.717, 1.165) is 58.8 Å². The third-order valence-electron chi connectivity index (χ3n) is 5.11. The Morgan fingerprint density at radius 1 is 1.15 bits per heavy atom. The number of pyridine rings is 2. The molecule has 136 valence electrons. The summed E-state index contributed by atoms with van der Waals surface area (Å²) in [6.07, 6.45) is 9.63. The van der Waals surface area contributed by atoms with Gasteiger partial charge < -0.3 is 15.6 Å². The molecule has 7 nitrogen and oxygen atoms in total. The molecule has 0 amide bonds. The Kier molecular flexibility index (Phi) is 4.14. The Morgan fingerprint density at radius 3 is 3.04 bits per heavy atom. The minimum atomic E-state index is 0.605. The van der Waals surface area contributed by atoms with Crippen LogP contribution in [0.25, 0.3) is 33.3 Å². The zero-order valence-corrected chi connectivity index (χ0v) is 14.9. The van der Waals surface area contributed by atoms with Crippen molar-refractivity contribution in [3.05, 3.63) is 43.0 Å². The minimum absolute atomic E-state index is 0.605. The van der Waals surface area contributed by atoms with Crippen molar-refractivity contribution >= 4 is 27.9 Å². The number of fused-ring (bicyclic) bond motifs is 2. The lowest BCUT2D eigenvalue weighted by Gasteiger charge is -2.23. The summed E-state index contributed by atoms with van der Waals surface area (Å²) in [6.45, 7) is 3.04. The molecular formula is C20H21N7. The lowest BCUT2D eigenvalue weighted by molar-refractivity contribution is 0.392. The van der Waals surface area contributed by atoms with E-state index in [-0.39, 0.29) is 0 Å². The molecule has 3 N–H and O–H groups in total. The molecule has 5 heterocycles. The molecule has 0 radical (unpaired) electrons. The Morgan fingerprint density at radius 2 is 2.11 bits per heavy atom. The SMILES string of the molecule is c1cnc2c(NC[C@H]3CCCNC3)nc(-c3cnc4[nH]ccc4c3)cc2n1. The number of rotatable bonds is 4. The van der Waals surface area contributed by atoms with Crippen molar-refractivity contribution < 1.29 is 0 Å². The summed E-state index contributed by atoms with van der Waals surface area (Å²) in [5.74, 6) is 1.39. The number of aromatic amines is 1. The molecule has 1 fully saturated rings.